The van der Waals surface area contributed by atoms with Gasteiger partial charge >= 0.3 is 0 Å². The molecule has 1 aromatic rings. The van der Waals surface area contributed by atoms with Crippen LogP contribution in [0.2, 0.25) is 0 Å². The molecule has 15 heavy (non-hydrogen) atoms. The van der Waals surface area contributed by atoms with Gasteiger partial charge in [0.25, 0.3) is 0 Å². The fourth-order valence-corrected chi connectivity index (χ4v) is 1.08. The van der Waals surface area contributed by atoms with Crippen LogP contribution in [0.25, 0.3) is 6.08 Å². The molecule has 0 bridgehead atoms. The summed E-state index contributed by atoms with van der Waals surface area (Å²) in [7, 11) is 0. The van der Waals surface area contributed by atoms with Gasteiger partial charge in [-0.05, 0) is 18.6 Å². The largest absolute Gasteiger partial charge is 0.375 e. The standard InChI is InChI=1S/C13H15FO/c1-2-15-11-13(14)10-6-9-12-7-4-3-5-8-12/h3-10H,2,11H2,1H3/b9-6+,13-10+. The predicted octanol–water partition coefficient (Wildman–Crippen LogP) is 3.59. The highest BCUT2D eigenvalue weighted by Gasteiger charge is 1.90. The quantitative estimate of drug-likeness (QED) is 0.669. The Bertz CT molecular complexity index is 328. The van der Waals surface area contributed by atoms with Crippen molar-refractivity contribution in [1.29, 1.82) is 0 Å². The van der Waals surface area contributed by atoms with Crippen LogP contribution in [0.15, 0.2) is 48.3 Å². The molecule has 0 spiro atoms. The molecule has 1 aromatic carbocycles. The van der Waals surface area contributed by atoms with Crippen LogP contribution >= 0.6 is 0 Å². The molecule has 80 valence electrons. The summed E-state index contributed by atoms with van der Waals surface area (Å²) in [4.78, 5) is 0. The Morgan fingerprint density at radius 1 is 1.33 bits per heavy atom. The summed E-state index contributed by atoms with van der Waals surface area (Å²) >= 11 is 0. The molecule has 0 aliphatic heterocycles. The van der Waals surface area contributed by atoms with Crippen molar-refractivity contribution in [3.05, 3.63) is 53.9 Å². The number of hydrogen-bond acceptors (Lipinski definition) is 1. The van der Waals surface area contributed by atoms with Crippen LogP contribution in [-0.4, -0.2) is 13.2 Å². The molecule has 0 N–H and O–H groups in total. The second-order valence-electron chi connectivity index (χ2n) is 3.02. The van der Waals surface area contributed by atoms with E-state index >= 15 is 0 Å². The van der Waals surface area contributed by atoms with Crippen LogP contribution in [0.5, 0.6) is 0 Å². The lowest BCUT2D eigenvalue weighted by Gasteiger charge is -1.95. The van der Waals surface area contributed by atoms with Gasteiger partial charge < -0.3 is 4.74 Å². The average Bonchev–Trinajstić information content (AvgIpc) is 2.28. The minimum absolute atomic E-state index is 0.0512. The molecule has 2 heteroatoms. The first kappa shape index (κ1) is 11.7. The average molecular weight is 206 g/mol. The summed E-state index contributed by atoms with van der Waals surface area (Å²) < 4.78 is 17.9. The van der Waals surface area contributed by atoms with E-state index in [2.05, 4.69) is 0 Å². The van der Waals surface area contributed by atoms with Gasteiger partial charge in [-0.25, -0.2) is 4.39 Å². The van der Waals surface area contributed by atoms with Crippen molar-refractivity contribution < 1.29 is 9.13 Å². The van der Waals surface area contributed by atoms with Gasteiger partial charge in [-0.15, -0.1) is 0 Å². The molecule has 1 nitrogen and oxygen atoms in total. The zero-order valence-electron chi connectivity index (χ0n) is 8.82. The number of allylic oxidation sites excluding steroid dienone is 2. The lowest BCUT2D eigenvalue weighted by atomic mass is 10.2. The van der Waals surface area contributed by atoms with Crippen molar-refractivity contribution >= 4 is 6.08 Å². The number of hydrogen-bond donors (Lipinski definition) is 0. The highest BCUT2D eigenvalue weighted by molar-refractivity contribution is 5.50. The monoisotopic (exact) mass is 206 g/mol. The molecule has 0 unspecified atom stereocenters. The van der Waals surface area contributed by atoms with E-state index in [1.165, 1.54) is 6.08 Å². The van der Waals surface area contributed by atoms with Crippen molar-refractivity contribution in [3.63, 3.8) is 0 Å². The third-order valence-electron chi connectivity index (χ3n) is 1.81. The normalized spacial score (nSPS) is 12.3. The second kappa shape index (κ2) is 6.96. The predicted molar refractivity (Wildman–Crippen MR) is 61.2 cm³/mol. The van der Waals surface area contributed by atoms with Crippen molar-refractivity contribution in [2.24, 2.45) is 0 Å². The lowest BCUT2D eigenvalue weighted by molar-refractivity contribution is 0.156. The third kappa shape index (κ3) is 5.13. The summed E-state index contributed by atoms with van der Waals surface area (Å²) in [6, 6.07) is 9.76. The Kier molecular flexibility index (Phi) is 5.41. The Labute approximate surface area is 89.9 Å². The van der Waals surface area contributed by atoms with E-state index in [1.54, 1.807) is 6.08 Å². The van der Waals surface area contributed by atoms with Crippen LogP contribution in [-0.2, 0) is 4.74 Å². The van der Waals surface area contributed by atoms with E-state index in [1.807, 2.05) is 43.3 Å². The molecule has 1 rings (SSSR count). The van der Waals surface area contributed by atoms with Gasteiger partial charge in [0.05, 0.1) is 6.61 Å². The smallest absolute Gasteiger partial charge is 0.126 e. The van der Waals surface area contributed by atoms with Crippen molar-refractivity contribution in [3.8, 4) is 0 Å². The molecule has 0 amide bonds. The minimum Gasteiger partial charge on any atom is -0.375 e. The molecular formula is C13H15FO. The zero-order chi connectivity index (χ0) is 10.9. The van der Waals surface area contributed by atoms with Crippen molar-refractivity contribution in [1.82, 2.24) is 0 Å². The Morgan fingerprint density at radius 2 is 2.07 bits per heavy atom. The maximum atomic E-state index is 13.0. The first-order valence-electron chi connectivity index (χ1n) is 4.98. The summed E-state index contributed by atoms with van der Waals surface area (Å²) in [6.45, 7) is 2.42. The van der Waals surface area contributed by atoms with Gasteiger partial charge in [-0.1, -0.05) is 42.5 Å². The summed E-state index contributed by atoms with van der Waals surface area (Å²) in [5, 5.41) is 0. The molecule has 0 aromatic heterocycles. The van der Waals surface area contributed by atoms with E-state index in [0.717, 1.165) is 5.56 Å². The van der Waals surface area contributed by atoms with Gasteiger partial charge in [0.2, 0.25) is 0 Å². The zero-order valence-corrected chi connectivity index (χ0v) is 8.82. The maximum absolute atomic E-state index is 13.0. The molecule has 0 aliphatic carbocycles. The summed E-state index contributed by atoms with van der Waals surface area (Å²) in [5.41, 5.74) is 1.05. The van der Waals surface area contributed by atoms with E-state index in [0.29, 0.717) is 6.61 Å². The SMILES string of the molecule is CCOC/C(F)=C\C=C\c1ccccc1. The third-order valence-corrected chi connectivity index (χ3v) is 1.81. The second-order valence-corrected chi connectivity index (χ2v) is 3.02. The Morgan fingerprint density at radius 3 is 2.73 bits per heavy atom. The number of halogens is 1. The van der Waals surface area contributed by atoms with Crippen LogP contribution < -0.4 is 0 Å². The first-order chi connectivity index (χ1) is 7.33. The van der Waals surface area contributed by atoms with Gasteiger partial charge in [-0.2, -0.15) is 0 Å². The highest BCUT2D eigenvalue weighted by Crippen LogP contribution is 2.03. The molecule has 0 saturated carbocycles. The Balaban J connectivity index is 2.45. The minimum atomic E-state index is -0.260. The van der Waals surface area contributed by atoms with Crippen LogP contribution in [0.4, 0.5) is 4.39 Å². The van der Waals surface area contributed by atoms with Crippen LogP contribution in [0.3, 0.4) is 0 Å². The van der Waals surface area contributed by atoms with Crippen molar-refractivity contribution in [2.45, 2.75) is 6.92 Å². The summed E-state index contributed by atoms with van der Waals surface area (Å²) in [6.07, 6.45) is 4.96. The topological polar surface area (TPSA) is 9.23 Å². The Hall–Kier alpha value is -1.41. The fraction of sp³-hybridized carbons (Fsp3) is 0.231. The van der Waals surface area contributed by atoms with Gasteiger partial charge in [-0.3, -0.25) is 0 Å². The van der Waals surface area contributed by atoms with Crippen molar-refractivity contribution in [2.75, 3.05) is 13.2 Å². The first-order valence-corrected chi connectivity index (χ1v) is 4.98. The molecule has 0 radical (unpaired) electrons. The summed E-state index contributed by atoms with van der Waals surface area (Å²) in [5.74, 6) is -0.260. The van der Waals surface area contributed by atoms with Gasteiger partial charge in [0.1, 0.15) is 5.83 Å². The van der Waals surface area contributed by atoms with Gasteiger partial charge in [0.15, 0.2) is 0 Å². The van der Waals surface area contributed by atoms with Crippen LogP contribution in [0, 0.1) is 0 Å². The number of ether oxygens (including phenoxy) is 1. The molecule has 0 fully saturated rings. The van der Waals surface area contributed by atoms with E-state index in [-0.39, 0.29) is 12.4 Å². The maximum Gasteiger partial charge on any atom is 0.126 e. The molecule has 0 saturated heterocycles. The lowest BCUT2D eigenvalue weighted by Crippen LogP contribution is -1.92. The highest BCUT2D eigenvalue weighted by atomic mass is 19.1. The van der Waals surface area contributed by atoms with Crippen LogP contribution in [0.1, 0.15) is 12.5 Å². The number of rotatable bonds is 5. The molecule has 0 aliphatic rings. The van der Waals surface area contributed by atoms with E-state index in [9.17, 15) is 4.39 Å². The molecule has 0 heterocycles. The molecular weight excluding hydrogens is 191 g/mol. The van der Waals surface area contributed by atoms with E-state index in [4.69, 9.17) is 4.74 Å². The molecule has 0 atom stereocenters. The van der Waals surface area contributed by atoms with E-state index < -0.39 is 0 Å². The van der Waals surface area contributed by atoms with Gasteiger partial charge in [0, 0.05) is 6.61 Å². The number of benzene rings is 1. The fourth-order valence-electron chi connectivity index (χ4n) is 1.08.